The van der Waals surface area contributed by atoms with E-state index in [1.54, 1.807) is 4.90 Å². The van der Waals surface area contributed by atoms with Gasteiger partial charge in [0.25, 0.3) is 0 Å². The van der Waals surface area contributed by atoms with Gasteiger partial charge < -0.3 is 14.7 Å². The molecule has 1 atom stereocenters. The fourth-order valence-electron chi connectivity index (χ4n) is 1.92. The number of hydrogen-bond donors (Lipinski definition) is 1. The third-order valence-corrected chi connectivity index (χ3v) is 2.95. The van der Waals surface area contributed by atoms with Gasteiger partial charge >= 0.3 is 6.09 Å². The Balaban J connectivity index is 1.87. The second-order valence-electron chi connectivity index (χ2n) is 4.31. The second kappa shape index (κ2) is 5.68. The van der Waals surface area contributed by atoms with E-state index in [0.717, 1.165) is 6.42 Å². The summed E-state index contributed by atoms with van der Waals surface area (Å²) in [5, 5.41) is 9.06. The summed E-state index contributed by atoms with van der Waals surface area (Å²) >= 11 is 0. The van der Waals surface area contributed by atoms with Gasteiger partial charge in [-0.25, -0.2) is 4.79 Å². The van der Waals surface area contributed by atoms with Crippen molar-refractivity contribution in [3.8, 4) is 0 Å². The molecule has 1 N–H and O–H groups in total. The van der Waals surface area contributed by atoms with Crippen molar-refractivity contribution in [1.82, 2.24) is 4.90 Å². The van der Waals surface area contributed by atoms with Gasteiger partial charge in [-0.2, -0.15) is 0 Å². The number of ether oxygens (including phenoxy) is 1. The van der Waals surface area contributed by atoms with Gasteiger partial charge in [-0.05, 0) is 12.0 Å². The number of rotatable bonds is 4. The number of aliphatic hydroxyl groups excluding tert-OH is 1. The van der Waals surface area contributed by atoms with Crippen LogP contribution in [-0.2, 0) is 11.2 Å². The quantitative estimate of drug-likeness (QED) is 0.855. The molecule has 17 heavy (non-hydrogen) atoms. The van der Waals surface area contributed by atoms with Crippen molar-refractivity contribution in [3.63, 3.8) is 0 Å². The lowest BCUT2D eigenvalue weighted by molar-refractivity contribution is 0.0253. The van der Waals surface area contributed by atoms with E-state index in [-0.39, 0.29) is 18.6 Å². The third kappa shape index (κ3) is 3.20. The van der Waals surface area contributed by atoms with Gasteiger partial charge in [0.15, 0.2) is 0 Å². The number of carbonyl (C=O) groups excluding carboxylic acids is 1. The molecule has 1 unspecified atom stereocenters. The lowest BCUT2D eigenvalue weighted by atomic mass is 10.1. The van der Waals surface area contributed by atoms with Crippen molar-refractivity contribution >= 4 is 6.09 Å². The van der Waals surface area contributed by atoms with Gasteiger partial charge in [0.05, 0.1) is 13.2 Å². The van der Waals surface area contributed by atoms with Crippen LogP contribution in [0.2, 0.25) is 0 Å². The summed E-state index contributed by atoms with van der Waals surface area (Å²) in [6, 6.07) is 10.0. The molecule has 0 radical (unpaired) electrons. The largest absolute Gasteiger partial charge is 0.449 e. The molecule has 1 aromatic carbocycles. The van der Waals surface area contributed by atoms with E-state index < -0.39 is 0 Å². The Labute approximate surface area is 101 Å². The van der Waals surface area contributed by atoms with Crippen LogP contribution in [0.15, 0.2) is 30.3 Å². The molecule has 4 heteroatoms. The molecule has 0 aromatic heterocycles. The maximum Gasteiger partial charge on any atom is 0.409 e. The summed E-state index contributed by atoms with van der Waals surface area (Å²) in [5.41, 5.74) is 1.20. The second-order valence-corrected chi connectivity index (χ2v) is 4.31. The Morgan fingerprint density at radius 3 is 2.82 bits per heavy atom. The zero-order chi connectivity index (χ0) is 12.1. The molecule has 0 saturated carbocycles. The van der Waals surface area contributed by atoms with Gasteiger partial charge in [-0.3, -0.25) is 0 Å². The van der Waals surface area contributed by atoms with E-state index in [1.807, 2.05) is 30.3 Å². The fourth-order valence-corrected chi connectivity index (χ4v) is 1.92. The minimum Gasteiger partial charge on any atom is -0.449 e. The Bertz CT molecular complexity index is 366. The van der Waals surface area contributed by atoms with Crippen LogP contribution in [0.4, 0.5) is 4.79 Å². The Morgan fingerprint density at radius 1 is 1.35 bits per heavy atom. The number of amides is 1. The van der Waals surface area contributed by atoms with Crippen LogP contribution in [0, 0.1) is 5.92 Å². The van der Waals surface area contributed by atoms with Crippen LogP contribution >= 0.6 is 0 Å². The molecule has 0 bridgehead atoms. The number of hydrogen-bond acceptors (Lipinski definition) is 3. The van der Waals surface area contributed by atoms with Gasteiger partial charge in [0, 0.05) is 19.0 Å². The molecule has 1 aromatic rings. The molecule has 1 aliphatic rings. The predicted molar refractivity (Wildman–Crippen MR) is 63.6 cm³/mol. The highest BCUT2D eigenvalue weighted by atomic mass is 16.6. The lowest BCUT2D eigenvalue weighted by Gasteiger charge is -2.31. The van der Waals surface area contributed by atoms with Crippen molar-refractivity contribution in [2.75, 3.05) is 26.3 Å². The summed E-state index contributed by atoms with van der Waals surface area (Å²) in [4.78, 5) is 13.2. The first-order valence-corrected chi connectivity index (χ1v) is 5.86. The van der Waals surface area contributed by atoms with E-state index in [1.165, 1.54) is 5.56 Å². The molecule has 1 amide bonds. The van der Waals surface area contributed by atoms with Crippen molar-refractivity contribution in [2.45, 2.75) is 6.42 Å². The number of cyclic esters (lactones) is 1. The normalized spacial score (nSPS) is 20.2. The summed E-state index contributed by atoms with van der Waals surface area (Å²) in [5.74, 6) is 0.0449. The minimum absolute atomic E-state index is 0.0449. The maximum atomic E-state index is 11.5. The summed E-state index contributed by atoms with van der Waals surface area (Å²) in [6.45, 7) is 1.62. The first-order chi connectivity index (χ1) is 8.29. The smallest absolute Gasteiger partial charge is 0.409 e. The highest BCUT2D eigenvalue weighted by Gasteiger charge is 2.26. The molecule has 2 rings (SSSR count). The van der Waals surface area contributed by atoms with Crippen molar-refractivity contribution in [3.05, 3.63) is 35.9 Å². The standard InChI is InChI=1S/C13H17NO3/c15-9-12-8-14(13(16)17-10-12)7-6-11-4-2-1-3-5-11/h1-5,12,15H,6-10H2. The van der Waals surface area contributed by atoms with E-state index in [4.69, 9.17) is 9.84 Å². The first-order valence-electron chi connectivity index (χ1n) is 5.86. The molecule has 1 heterocycles. The molecule has 0 aliphatic carbocycles. The zero-order valence-corrected chi connectivity index (χ0v) is 9.71. The monoisotopic (exact) mass is 235 g/mol. The number of carbonyl (C=O) groups is 1. The Hall–Kier alpha value is -1.55. The van der Waals surface area contributed by atoms with Crippen LogP contribution in [-0.4, -0.2) is 42.4 Å². The van der Waals surface area contributed by atoms with Gasteiger partial charge in [0.2, 0.25) is 0 Å². The van der Waals surface area contributed by atoms with Crippen molar-refractivity contribution in [2.24, 2.45) is 5.92 Å². The highest BCUT2D eigenvalue weighted by molar-refractivity contribution is 5.68. The molecule has 1 fully saturated rings. The third-order valence-electron chi connectivity index (χ3n) is 2.95. The molecule has 0 spiro atoms. The van der Waals surface area contributed by atoms with E-state index in [2.05, 4.69) is 0 Å². The molecule has 1 aliphatic heterocycles. The number of nitrogens with zero attached hydrogens (tertiary/aromatic N) is 1. The molecule has 1 saturated heterocycles. The summed E-state index contributed by atoms with van der Waals surface area (Å²) in [7, 11) is 0. The topological polar surface area (TPSA) is 49.8 Å². The molecule has 92 valence electrons. The van der Waals surface area contributed by atoms with Crippen LogP contribution in [0.5, 0.6) is 0 Å². The van der Waals surface area contributed by atoms with Crippen LogP contribution in [0.3, 0.4) is 0 Å². The van der Waals surface area contributed by atoms with Crippen molar-refractivity contribution < 1.29 is 14.6 Å². The fraction of sp³-hybridized carbons (Fsp3) is 0.462. The Morgan fingerprint density at radius 2 is 2.12 bits per heavy atom. The Kier molecular flexibility index (Phi) is 3.98. The average molecular weight is 235 g/mol. The van der Waals surface area contributed by atoms with E-state index in [0.29, 0.717) is 19.7 Å². The lowest BCUT2D eigenvalue weighted by Crippen LogP contribution is -2.45. The van der Waals surface area contributed by atoms with Crippen molar-refractivity contribution in [1.29, 1.82) is 0 Å². The first kappa shape index (κ1) is 11.9. The van der Waals surface area contributed by atoms with Gasteiger partial charge in [-0.15, -0.1) is 0 Å². The summed E-state index contributed by atoms with van der Waals surface area (Å²) in [6.07, 6.45) is 0.541. The van der Waals surface area contributed by atoms with Crippen LogP contribution < -0.4 is 0 Å². The van der Waals surface area contributed by atoms with Crippen LogP contribution in [0.25, 0.3) is 0 Å². The van der Waals surface area contributed by atoms with Gasteiger partial charge in [-0.1, -0.05) is 30.3 Å². The predicted octanol–water partition coefficient (Wildman–Crippen LogP) is 1.29. The average Bonchev–Trinajstić information content (AvgIpc) is 2.39. The van der Waals surface area contributed by atoms with E-state index >= 15 is 0 Å². The molecular formula is C13H17NO3. The van der Waals surface area contributed by atoms with Crippen LogP contribution in [0.1, 0.15) is 5.56 Å². The van der Waals surface area contributed by atoms with Gasteiger partial charge in [0.1, 0.15) is 0 Å². The highest BCUT2D eigenvalue weighted by Crippen LogP contribution is 2.12. The molecule has 4 nitrogen and oxygen atoms in total. The zero-order valence-electron chi connectivity index (χ0n) is 9.71. The molecular weight excluding hydrogens is 218 g/mol. The van der Waals surface area contributed by atoms with E-state index in [9.17, 15) is 4.79 Å². The minimum atomic E-state index is -0.273. The summed E-state index contributed by atoms with van der Waals surface area (Å²) < 4.78 is 5.01. The maximum absolute atomic E-state index is 11.5. The number of aliphatic hydroxyl groups is 1. The SMILES string of the molecule is O=C1OCC(CO)CN1CCc1ccccc1. The number of benzene rings is 1.